The smallest absolute Gasteiger partial charge is 0.257 e. The van der Waals surface area contributed by atoms with Gasteiger partial charge in [0.25, 0.3) is 5.91 Å². The van der Waals surface area contributed by atoms with Crippen LogP contribution in [0.4, 0.5) is 0 Å². The second-order valence-electron chi connectivity index (χ2n) is 6.54. The quantitative estimate of drug-likeness (QED) is 0.725. The molecule has 1 amide bonds. The van der Waals surface area contributed by atoms with Crippen molar-refractivity contribution in [2.24, 2.45) is 0 Å². The van der Waals surface area contributed by atoms with Crippen LogP contribution in [0.3, 0.4) is 0 Å². The normalized spacial score (nSPS) is 14.0. The number of nitrogens with zero attached hydrogens (tertiary/aromatic N) is 3. The fourth-order valence-electron chi connectivity index (χ4n) is 3.26. The second-order valence-corrected chi connectivity index (χ2v) is 6.54. The molecule has 1 aliphatic heterocycles. The van der Waals surface area contributed by atoms with Crippen LogP contribution < -0.4 is 0 Å². The molecule has 0 saturated carbocycles. The van der Waals surface area contributed by atoms with E-state index in [-0.39, 0.29) is 5.91 Å². The highest BCUT2D eigenvalue weighted by molar-refractivity contribution is 6.00. The number of benzene rings is 2. The number of carbonyl (C=O) groups excluding carboxylic acids is 1. The van der Waals surface area contributed by atoms with Crippen molar-refractivity contribution in [1.82, 2.24) is 14.7 Å². The van der Waals surface area contributed by atoms with E-state index < -0.39 is 0 Å². The number of likely N-dealkylation sites (tertiary alicyclic amines) is 1. The summed E-state index contributed by atoms with van der Waals surface area (Å²) < 4.78 is 1.80. The van der Waals surface area contributed by atoms with E-state index in [4.69, 9.17) is 5.10 Å². The van der Waals surface area contributed by atoms with Crippen molar-refractivity contribution in [2.45, 2.75) is 19.8 Å². The zero-order valence-electron chi connectivity index (χ0n) is 14.4. The SMILES string of the molecule is Cc1ccc(-c2nn(-c3ccccc3)cc2C(=O)N2CCCC2)cc1. The molecular formula is C21H21N3O. The van der Waals surface area contributed by atoms with Crippen molar-refractivity contribution in [1.29, 1.82) is 0 Å². The molecule has 0 bridgehead atoms. The second kappa shape index (κ2) is 6.55. The van der Waals surface area contributed by atoms with Gasteiger partial charge < -0.3 is 4.90 Å². The third-order valence-corrected chi connectivity index (χ3v) is 4.68. The van der Waals surface area contributed by atoms with Crippen molar-refractivity contribution in [3.05, 3.63) is 71.9 Å². The van der Waals surface area contributed by atoms with Crippen LogP contribution in [-0.2, 0) is 0 Å². The first-order valence-corrected chi connectivity index (χ1v) is 8.74. The molecule has 0 N–H and O–H groups in total. The predicted octanol–water partition coefficient (Wildman–Crippen LogP) is 4.08. The summed E-state index contributed by atoms with van der Waals surface area (Å²) in [6.07, 6.45) is 4.03. The molecule has 1 fully saturated rings. The highest BCUT2D eigenvalue weighted by Gasteiger charge is 2.25. The zero-order valence-corrected chi connectivity index (χ0v) is 14.4. The molecule has 126 valence electrons. The first-order valence-electron chi connectivity index (χ1n) is 8.74. The highest BCUT2D eigenvalue weighted by atomic mass is 16.2. The Morgan fingerprint density at radius 1 is 0.960 bits per heavy atom. The zero-order chi connectivity index (χ0) is 17.2. The van der Waals surface area contributed by atoms with E-state index in [2.05, 4.69) is 19.1 Å². The molecular weight excluding hydrogens is 310 g/mol. The lowest BCUT2D eigenvalue weighted by atomic mass is 10.1. The maximum atomic E-state index is 13.0. The Hall–Kier alpha value is -2.88. The van der Waals surface area contributed by atoms with Gasteiger partial charge in [-0.15, -0.1) is 0 Å². The first kappa shape index (κ1) is 15.6. The number of amides is 1. The maximum absolute atomic E-state index is 13.0. The molecule has 4 rings (SSSR count). The van der Waals surface area contributed by atoms with E-state index in [0.717, 1.165) is 42.9 Å². The number of aromatic nitrogens is 2. The molecule has 0 radical (unpaired) electrons. The van der Waals surface area contributed by atoms with Crippen LogP contribution in [0, 0.1) is 6.92 Å². The Bertz CT molecular complexity index is 875. The fourth-order valence-corrected chi connectivity index (χ4v) is 3.26. The van der Waals surface area contributed by atoms with Gasteiger partial charge in [0.2, 0.25) is 0 Å². The lowest BCUT2D eigenvalue weighted by molar-refractivity contribution is 0.0793. The summed E-state index contributed by atoms with van der Waals surface area (Å²) in [6.45, 7) is 3.73. The van der Waals surface area contributed by atoms with Crippen LogP contribution in [0.5, 0.6) is 0 Å². The topological polar surface area (TPSA) is 38.1 Å². The summed E-state index contributed by atoms with van der Waals surface area (Å²) in [5.74, 6) is 0.0789. The summed E-state index contributed by atoms with van der Waals surface area (Å²) in [4.78, 5) is 15.0. The van der Waals surface area contributed by atoms with E-state index in [0.29, 0.717) is 5.56 Å². The molecule has 3 aromatic rings. The molecule has 1 aliphatic rings. The Morgan fingerprint density at radius 2 is 1.64 bits per heavy atom. The number of hydrogen-bond donors (Lipinski definition) is 0. The molecule has 0 unspecified atom stereocenters. The third kappa shape index (κ3) is 3.07. The molecule has 1 aromatic heterocycles. The average Bonchev–Trinajstić information content (AvgIpc) is 3.33. The first-order chi connectivity index (χ1) is 12.2. The van der Waals surface area contributed by atoms with E-state index in [1.54, 1.807) is 4.68 Å². The van der Waals surface area contributed by atoms with Gasteiger partial charge in [-0.2, -0.15) is 5.10 Å². The van der Waals surface area contributed by atoms with Gasteiger partial charge in [0.1, 0.15) is 5.69 Å². The van der Waals surface area contributed by atoms with Gasteiger partial charge in [-0.25, -0.2) is 4.68 Å². The monoisotopic (exact) mass is 331 g/mol. The maximum Gasteiger partial charge on any atom is 0.257 e. The number of carbonyl (C=O) groups is 1. The summed E-state index contributed by atoms with van der Waals surface area (Å²) in [5, 5.41) is 4.74. The van der Waals surface area contributed by atoms with Crippen molar-refractivity contribution in [3.63, 3.8) is 0 Å². The van der Waals surface area contributed by atoms with Crippen molar-refractivity contribution in [3.8, 4) is 16.9 Å². The molecule has 2 aromatic carbocycles. The lowest BCUT2D eigenvalue weighted by Crippen LogP contribution is -2.27. The Balaban J connectivity index is 1.81. The van der Waals surface area contributed by atoms with Crippen LogP contribution in [0.15, 0.2) is 60.8 Å². The van der Waals surface area contributed by atoms with Gasteiger partial charge in [-0.05, 0) is 31.9 Å². The third-order valence-electron chi connectivity index (χ3n) is 4.68. The summed E-state index contributed by atoms with van der Waals surface area (Å²) in [6, 6.07) is 18.1. The van der Waals surface area contributed by atoms with Gasteiger partial charge in [0.15, 0.2) is 0 Å². The van der Waals surface area contributed by atoms with Gasteiger partial charge in [0.05, 0.1) is 11.3 Å². The predicted molar refractivity (Wildman–Crippen MR) is 98.9 cm³/mol. The summed E-state index contributed by atoms with van der Waals surface area (Å²) >= 11 is 0. The van der Waals surface area contributed by atoms with Crippen LogP contribution in [-0.4, -0.2) is 33.7 Å². The Kier molecular flexibility index (Phi) is 4.10. The van der Waals surface area contributed by atoms with Crippen LogP contribution >= 0.6 is 0 Å². The molecule has 4 nitrogen and oxygen atoms in total. The van der Waals surface area contributed by atoms with Crippen LogP contribution in [0.1, 0.15) is 28.8 Å². The van der Waals surface area contributed by atoms with E-state index in [1.807, 2.05) is 53.6 Å². The van der Waals surface area contributed by atoms with Crippen molar-refractivity contribution >= 4 is 5.91 Å². The standard InChI is InChI=1S/C21H21N3O/c1-16-9-11-17(12-10-16)20-19(21(25)23-13-5-6-14-23)15-24(22-20)18-7-3-2-4-8-18/h2-4,7-12,15H,5-6,13-14H2,1H3. The number of para-hydroxylation sites is 1. The van der Waals surface area contributed by atoms with Crippen molar-refractivity contribution < 1.29 is 4.79 Å². The van der Waals surface area contributed by atoms with Gasteiger partial charge in [-0.1, -0.05) is 48.0 Å². The molecule has 1 saturated heterocycles. The minimum absolute atomic E-state index is 0.0789. The number of aryl methyl sites for hydroxylation is 1. The summed E-state index contributed by atoms with van der Waals surface area (Å²) in [5.41, 5.74) is 4.55. The Morgan fingerprint density at radius 3 is 2.32 bits per heavy atom. The molecule has 0 atom stereocenters. The highest BCUT2D eigenvalue weighted by Crippen LogP contribution is 2.26. The van der Waals surface area contributed by atoms with E-state index in [1.165, 1.54) is 5.56 Å². The van der Waals surface area contributed by atoms with E-state index in [9.17, 15) is 4.79 Å². The molecule has 0 spiro atoms. The van der Waals surface area contributed by atoms with Crippen LogP contribution in [0.2, 0.25) is 0 Å². The fraction of sp³-hybridized carbons (Fsp3) is 0.238. The number of rotatable bonds is 3. The molecule has 0 aliphatic carbocycles. The van der Waals surface area contributed by atoms with Crippen LogP contribution in [0.25, 0.3) is 16.9 Å². The lowest BCUT2D eigenvalue weighted by Gasteiger charge is -2.14. The Labute approximate surface area is 147 Å². The minimum Gasteiger partial charge on any atom is -0.339 e. The molecule has 25 heavy (non-hydrogen) atoms. The number of hydrogen-bond acceptors (Lipinski definition) is 2. The van der Waals surface area contributed by atoms with Gasteiger partial charge in [-0.3, -0.25) is 4.79 Å². The van der Waals surface area contributed by atoms with E-state index >= 15 is 0 Å². The van der Waals surface area contributed by atoms with Gasteiger partial charge in [0, 0.05) is 24.8 Å². The summed E-state index contributed by atoms with van der Waals surface area (Å²) in [7, 11) is 0. The average molecular weight is 331 g/mol. The van der Waals surface area contributed by atoms with Gasteiger partial charge >= 0.3 is 0 Å². The molecule has 4 heteroatoms. The minimum atomic E-state index is 0.0789. The molecule has 2 heterocycles. The largest absolute Gasteiger partial charge is 0.339 e. The van der Waals surface area contributed by atoms with Crippen molar-refractivity contribution in [2.75, 3.05) is 13.1 Å².